The van der Waals surface area contributed by atoms with Crippen molar-refractivity contribution in [2.45, 2.75) is 79.0 Å². The zero-order valence-electron chi connectivity index (χ0n) is 19.9. The molecule has 0 N–H and O–H groups in total. The molecule has 8 heteroatoms. The van der Waals surface area contributed by atoms with E-state index in [2.05, 4.69) is 21.9 Å². The van der Waals surface area contributed by atoms with Crippen molar-refractivity contribution >= 4 is 6.09 Å². The molecule has 0 aliphatic carbocycles. The molecule has 1 aliphatic heterocycles. The van der Waals surface area contributed by atoms with Gasteiger partial charge in [-0.3, -0.25) is 4.98 Å². The Hall–Kier alpha value is -2.90. The van der Waals surface area contributed by atoms with Gasteiger partial charge in [-0.15, -0.1) is 0 Å². The van der Waals surface area contributed by atoms with Crippen molar-refractivity contribution in [1.29, 1.82) is 0 Å². The lowest BCUT2D eigenvalue weighted by atomic mass is 10.1. The van der Waals surface area contributed by atoms with Crippen LogP contribution in [0.1, 0.15) is 58.2 Å². The minimum atomic E-state index is -0.235. The minimum Gasteiger partial charge on any atom is -0.474 e. The summed E-state index contributed by atoms with van der Waals surface area (Å²) in [6.07, 6.45) is 5.36. The first-order valence-corrected chi connectivity index (χ1v) is 11.3. The molecule has 1 fully saturated rings. The lowest BCUT2D eigenvalue weighted by Crippen LogP contribution is -2.42. The highest BCUT2D eigenvalue weighted by molar-refractivity contribution is 5.69. The van der Waals surface area contributed by atoms with Gasteiger partial charge in [0.15, 0.2) is 5.75 Å². The maximum Gasteiger partial charge on any atom is 0.410 e. The molecule has 8 nitrogen and oxygen atoms in total. The molecular formula is C24H34N4O4. The third-order valence-electron chi connectivity index (χ3n) is 5.61. The maximum atomic E-state index is 12.6. The van der Waals surface area contributed by atoms with Crippen molar-refractivity contribution in [3.63, 3.8) is 0 Å². The van der Waals surface area contributed by atoms with E-state index in [9.17, 15) is 4.79 Å². The summed E-state index contributed by atoms with van der Waals surface area (Å²) >= 11 is 0. The fourth-order valence-electron chi connectivity index (χ4n) is 3.89. The van der Waals surface area contributed by atoms with Crippen molar-refractivity contribution in [3.05, 3.63) is 35.9 Å². The van der Waals surface area contributed by atoms with Crippen LogP contribution in [0.2, 0.25) is 0 Å². The van der Waals surface area contributed by atoms with Gasteiger partial charge in [0.05, 0.1) is 24.0 Å². The Morgan fingerprint density at radius 2 is 1.91 bits per heavy atom. The fourth-order valence-corrected chi connectivity index (χ4v) is 3.89. The third-order valence-corrected chi connectivity index (χ3v) is 5.61. The number of nitrogens with zero attached hydrogens (tertiary/aromatic N) is 4. The van der Waals surface area contributed by atoms with Crippen LogP contribution < -0.4 is 9.47 Å². The van der Waals surface area contributed by atoms with Gasteiger partial charge in [-0.1, -0.05) is 13.8 Å². The molecule has 0 radical (unpaired) electrons. The Bertz CT molecular complexity index is 921. The number of carbonyl (C=O) groups is 1. The Kier molecular flexibility index (Phi) is 7.88. The third kappa shape index (κ3) is 5.87. The van der Waals surface area contributed by atoms with E-state index in [1.165, 1.54) is 6.33 Å². The summed E-state index contributed by atoms with van der Waals surface area (Å²) in [7, 11) is 0. The number of hydrogen-bond donors (Lipinski definition) is 0. The summed E-state index contributed by atoms with van der Waals surface area (Å²) in [4.78, 5) is 27.3. The van der Waals surface area contributed by atoms with Crippen molar-refractivity contribution in [2.24, 2.45) is 5.92 Å². The number of hydrogen-bond acceptors (Lipinski definition) is 7. The van der Waals surface area contributed by atoms with E-state index >= 15 is 0 Å². The van der Waals surface area contributed by atoms with E-state index in [-0.39, 0.29) is 24.3 Å². The monoisotopic (exact) mass is 442 g/mol. The number of rotatable bonds is 8. The van der Waals surface area contributed by atoms with Crippen molar-refractivity contribution in [3.8, 4) is 17.5 Å². The van der Waals surface area contributed by atoms with Gasteiger partial charge in [0.2, 0.25) is 11.8 Å². The average Bonchev–Trinajstić information content (AvgIpc) is 3.10. The molecule has 2 aromatic rings. The summed E-state index contributed by atoms with van der Waals surface area (Å²) in [5.41, 5.74) is 1.50. The lowest BCUT2D eigenvalue weighted by Gasteiger charge is -2.30. The SMILES string of the molecule is Cc1ncccc1Oc1ncnc(O[C@@H](C)CC2CCC(C)N2C(=O)OCC(C)C)c1C. The van der Waals surface area contributed by atoms with Gasteiger partial charge >= 0.3 is 6.09 Å². The van der Waals surface area contributed by atoms with Crippen LogP contribution in [0.5, 0.6) is 17.5 Å². The van der Waals surface area contributed by atoms with Crippen LogP contribution in [-0.2, 0) is 4.74 Å². The summed E-state index contributed by atoms with van der Waals surface area (Å²) in [5.74, 6) is 1.87. The highest BCUT2D eigenvalue weighted by atomic mass is 16.6. The second-order valence-electron chi connectivity index (χ2n) is 8.92. The number of aromatic nitrogens is 3. The Morgan fingerprint density at radius 1 is 1.16 bits per heavy atom. The number of pyridine rings is 1. The molecule has 2 aromatic heterocycles. The van der Waals surface area contributed by atoms with Gasteiger partial charge in [-0.05, 0) is 58.6 Å². The molecule has 1 saturated heterocycles. The summed E-state index contributed by atoms with van der Waals surface area (Å²) in [6, 6.07) is 3.91. The predicted octanol–water partition coefficient (Wildman–Crippen LogP) is 5.08. The first-order valence-electron chi connectivity index (χ1n) is 11.3. The average molecular weight is 443 g/mol. The van der Waals surface area contributed by atoms with Crippen molar-refractivity contribution in [1.82, 2.24) is 19.9 Å². The van der Waals surface area contributed by atoms with Crippen molar-refractivity contribution in [2.75, 3.05) is 6.61 Å². The quantitative estimate of drug-likeness (QED) is 0.563. The van der Waals surface area contributed by atoms with Gasteiger partial charge < -0.3 is 19.1 Å². The van der Waals surface area contributed by atoms with E-state index < -0.39 is 0 Å². The molecule has 0 spiro atoms. The van der Waals surface area contributed by atoms with Crippen molar-refractivity contribution < 1.29 is 19.0 Å². The summed E-state index contributed by atoms with van der Waals surface area (Å²) in [5, 5.41) is 0. The zero-order valence-corrected chi connectivity index (χ0v) is 19.9. The van der Waals surface area contributed by atoms with Crippen LogP contribution in [0, 0.1) is 19.8 Å². The number of likely N-dealkylation sites (tertiary alicyclic amines) is 1. The predicted molar refractivity (Wildman–Crippen MR) is 121 cm³/mol. The molecule has 3 heterocycles. The largest absolute Gasteiger partial charge is 0.474 e. The van der Waals surface area contributed by atoms with E-state index in [4.69, 9.17) is 14.2 Å². The second-order valence-corrected chi connectivity index (χ2v) is 8.92. The van der Waals surface area contributed by atoms with E-state index in [1.54, 1.807) is 6.20 Å². The van der Waals surface area contributed by atoms with Crippen LogP contribution in [0.4, 0.5) is 4.79 Å². The molecular weight excluding hydrogens is 408 g/mol. The highest BCUT2D eigenvalue weighted by Gasteiger charge is 2.36. The topological polar surface area (TPSA) is 86.7 Å². The molecule has 3 atom stereocenters. The number of ether oxygens (including phenoxy) is 3. The van der Waals surface area contributed by atoms with Gasteiger partial charge in [0, 0.05) is 24.7 Å². The maximum absolute atomic E-state index is 12.6. The van der Waals surface area contributed by atoms with Crippen LogP contribution in [0.3, 0.4) is 0 Å². The Labute approximate surface area is 190 Å². The fraction of sp³-hybridized carbons (Fsp3) is 0.583. The van der Waals surface area contributed by atoms with Gasteiger partial charge in [-0.2, -0.15) is 0 Å². The van der Waals surface area contributed by atoms with E-state index in [0.29, 0.717) is 36.5 Å². The molecule has 3 rings (SSSR count). The van der Waals surface area contributed by atoms with Crippen LogP contribution in [-0.4, -0.2) is 50.7 Å². The Morgan fingerprint density at radius 3 is 2.62 bits per heavy atom. The van der Waals surface area contributed by atoms with Crippen LogP contribution >= 0.6 is 0 Å². The summed E-state index contributed by atoms with van der Waals surface area (Å²) < 4.78 is 17.6. The van der Waals surface area contributed by atoms with E-state index in [0.717, 1.165) is 24.1 Å². The minimum absolute atomic E-state index is 0.0792. The molecule has 32 heavy (non-hydrogen) atoms. The van der Waals surface area contributed by atoms with Gasteiger partial charge in [-0.25, -0.2) is 14.8 Å². The smallest absolute Gasteiger partial charge is 0.410 e. The van der Waals surface area contributed by atoms with Crippen LogP contribution in [0.15, 0.2) is 24.7 Å². The molecule has 0 saturated carbocycles. The Balaban J connectivity index is 1.65. The molecule has 1 amide bonds. The standard InChI is InChI=1S/C24H34N4O4/c1-15(2)13-30-24(29)28-16(3)9-10-20(28)12-17(4)31-22-18(5)23(27-14-26-22)32-21-8-7-11-25-19(21)6/h7-8,11,14-17,20H,9-10,12-13H2,1-6H3/t16?,17-,20?/m0/s1. The van der Waals surface area contributed by atoms with Crippen LogP contribution in [0.25, 0.3) is 0 Å². The first kappa shape index (κ1) is 23.8. The van der Waals surface area contributed by atoms with Gasteiger partial charge in [0.25, 0.3) is 0 Å². The zero-order chi connectivity index (χ0) is 23.3. The number of amides is 1. The summed E-state index contributed by atoms with van der Waals surface area (Å²) in [6.45, 7) is 12.3. The first-order chi connectivity index (χ1) is 15.3. The molecule has 0 bridgehead atoms. The molecule has 1 aliphatic rings. The highest BCUT2D eigenvalue weighted by Crippen LogP contribution is 2.31. The molecule has 174 valence electrons. The molecule has 2 unspecified atom stereocenters. The number of aryl methyl sites for hydroxylation is 1. The second kappa shape index (κ2) is 10.6. The number of carbonyl (C=O) groups excluding carboxylic acids is 1. The van der Waals surface area contributed by atoms with E-state index in [1.807, 2.05) is 51.7 Å². The lowest BCUT2D eigenvalue weighted by molar-refractivity contribution is 0.0678. The molecule has 0 aromatic carbocycles. The van der Waals surface area contributed by atoms with Gasteiger partial charge in [0.1, 0.15) is 6.33 Å². The normalized spacial score (nSPS) is 19.2.